The Morgan fingerprint density at radius 1 is 1.00 bits per heavy atom. The highest BCUT2D eigenvalue weighted by atomic mass is 16.6. The maximum absolute atomic E-state index is 12.6. The first-order valence-corrected chi connectivity index (χ1v) is 13.6. The van der Waals surface area contributed by atoms with Gasteiger partial charge in [-0.2, -0.15) is 0 Å². The molecule has 0 atom stereocenters. The van der Waals surface area contributed by atoms with Crippen molar-refractivity contribution in [2.75, 3.05) is 13.1 Å². The first-order chi connectivity index (χ1) is 18.7. The van der Waals surface area contributed by atoms with Crippen LogP contribution < -0.4 is 5.32 Å². The van der Waals surface area contributed by atoms with Gasteiger partial charge in [-0.15, -0.1) is 0 Å². The van der Waals surface area contributed by atoms with Crippen LogP contribution in [-0.2, 0) is 17.8 Å². The number of aromatic nitrogens is 4. The summed E-state index contributed by atoms with van der Waals surface area (Å²) in [6, 6.07) is 14.1. The van der Waals surface area contributed by atoms with Crippen LogP contribution in [0.3, 0.4) is 0 Å². The Labute approximate surface area is 230 Å². The van der Waals surface area contributed by atoms with Crippen LogP contribution in [0.5, 0.6) is 0 Å². The SMILES string of the molecule is CCCNCc1nc2ccc(C#Cc3ccc(-c4cnc(CN(CCC)C(=O)OC(C)(C)C)[nH]4)cc3)cc2[nH]1. The topological polar surface area (TPSA) is 98.9 Å². The molecule has 8 heteroatoms. The molecular formula is C31H38N6O2. The molecule has 2 heterocycles. The Kier molecular flexibility index (Phi) is 9.05. The Hall–Kier alpha value is -4.09. The van der Waals surface area contributed by atoms with Crippen molar-refractivity contribution < 1.29 is 9.53 Å². The van der Waals surface area contributed by atoms with Crippen LogP contribution in [0.1, 0.15) is 70.2 Å². The van der Waals surface area contributed by atoms with Crippen molar-refractivity contribution in [3.05, 3.63) is 71.4 Å². The highest BCUT2D eigenvalue weighted by molar-refractivity contribution is 5.77. The lowest BCUT2D eigenvalue weighted by Gasteiger charge is -2.26. The zero-order valence-corrected chi connectivity index (χ0v) is 23.5. The molecule has 0 unspecified atom stereocenters. The highest BCUT2D eigenvalue weighted by Gasteiger charge is 2.22. The fourth-order valence-corrected chi connectivity index (χ4v) is 4.09. The third-order valence-electron chi connectivity index (χ3n) is 5.91. The summed E-state index contributed by atoms with van der Waals surface area (Å²) in [5, 5.41) is 3.37. The second-order valence-electron chi connectivity index (χ2n) is 10.6. The largest absolute Gasteiger partial charge is 0.444 e. The predicted octanol–water partition coefficient (Wildman–Crippen LogP) is 6.00. The molecule has 0 spiro atoms. The van der Waals surface area contributed by atoms with E-state index >= 15 is 0 Å². The minimum absolute atomic E-state index is 0.332. The number of fused-ring (bicyclic) bond motifs is 1. The third-order valence-corrected chi connectivity index (χ3v) is 5.91. The van der Waals surface area contributed by atoms with Gasteiger partial charge in [0.05, 0.1) is 36.0 Å². The van der Waals surface area contributed by atoms with Gasteiger partial charge in [0, 0.05) is 17.7 Å². The van der Waals surface area contributed by atoms with Gasteiger partial charge in [-0.05, 0) is 76.1 Å². The van der Waals surface area contributed by atoms with Gasteiger partial charge >= 0.3 is 6.09 Å². The average molecular weight is 527 g/mol. The van der Waals surface area contributed by atoms with E-state index in [-0.39, 0.29) is 6.09 Å². The molecule has 0 aliphatic rings. The number of ether oxygens (including phenoxy) is 1. The number of nitrogens with one attached hydrogen (secondary N) is 3. The molecule has 0 fully saturated rings. The molecule has 204 valence electrons. The Morgan fingerprint density at radius 2 is 1.74 bits per heavy atom. The van der Waals surface area contributed by atoms with E-state index in [0.717, 1.165) is 65.2 Å². The number of carbonyl (C=O) groups is 1. The smallest absolute Gasteiger partial charge is 0.410 e. The molecule has 1 amide bonds. The van der Waals surface area contributed by atoms with E-state index in [1.165, 1.54) is 0 Å². The van der Waals surface area contributed by atoms with Gasteiger partial charge in [0.15, 0.2) is 0 Å². The van der Waals surface area contributed by atoms with E-state index in [2.05, 4.69) is 44.0 Å². The van der Waals surface area contributed by atoms with Crippen LogP contribution in [0.25, 0.3) is 22.3 Å². The lowest BCUT2D eigenvalue weighted by molar-refractivity contribution is 0.0229. The Bertz CT molecular complexity index is 1450. The van der Waals surface area contributed by atoms with Gasteiger partial charge < -0.3 is 24.9 Å². The highest BCUT2D eigenvalue weighted by Crippen LogP contribution is 2.19. The van der Waals surface area contributed by atoms with Crippen molar-refractivity contribution in [3.63, 3.8) is 0 Å². The summed E-state index contributed by atoms with van der Waals surface area (Å²) in [7, 11) is 0. The maximum atomic E-state index is 12.6. The minimum Gasteiger partial charge on any atom is -0.444 e. The number of hydrogen-bond acceptors (Lipinski definition) is 5. The van der Waals surface area contributed by atoms with Crippen LogP contribution >= 0.6 is 0 Å². The molecular weight excluding hydrogens is 488 g/mol. The molecule has 8 nitrogen and oxygen atoms in total. The monoisotopic (exact) mass is 526 g/mol. The number of benzene rings is 2. The number of rotatable bonds is 9. The summed E-state index contributed by atoms with van der Waals surface area (Å²) in [5.74, 6) is 8.15. The maximum Gasteiger partial charge on any atom is 0.410 e. The van der Waals surface area contributed by atoms with Gasteiger partial charge in [0.25, 0.3) is 0 Å². The van der Waals surface area contributed by atoms with Gasteiger partial charge in [0.1, 0.15) is 17.2 Å². The summed E-state index contributed by atoms with van der Waals surface area (Å²) in [6.45, 7) is 12.5. The van der Waals surface area contributed by atoms with E-state index in [9.17, 15) is 4.79 Å². The number of amides is 1. The molecule has 2 aromatic carbocycles. The van der Waals surface area contributed by atoms with Crippen LogP contribution in [0.4, 0.5) is 4.79 Å². The Morgan fingerprint density at radius 3 is 2.46 bits per heavy atom. The molecule has 0 aliphatic heterocycles. The molecule has 0 bridgehead atoms. The average Bonchev–Trinajstić information content (AvgIpc) is 3.53. The van der Waals surface area contributed by atoms with E-state index in [1.54, 1.807) is 11.1 Å². The molecule has 3 N–H and O–H groups in total. The molecule has 4 rings (SSSR count). The molecule has 0 aliphatic carbocycles. The van der Waals surface area contributed by atoms with Crippen LogP contribution in [0.15, 0.2) is 48.7 Å². The van der Waals surface area contributed by atoms with Crippen molar-refractivity contribution in [1.82, 2.24) is 30.2 Å². The van der Waals surface area contributed by atoms with Crippen LogP contribution in [-0.4, -0.2) is 49.6 Å². The van der Waals surface area contributed by atoms with E-state index in [4.69, 9.17) is 4.74 Å². The molecule has 0 radical (unpaired) electrons. The lowest BCUT2D eigenvalue weighted by Crippen LogP contribution is -2.37. The second-order valence-corrected chi connectivity index (χ2v) is 10.6. The van der Waals surface area contributed by atoms with E-state index < -0.39 is 5.60 Å². The van der Waals surface area contributed by atoms with E-state index in [0.29, 0.717) is 18.9 Å². The van der Waals surface area contributed by atoms with Crippen LogP contribution in [0, 0.1) is 11.8 Å². The fraction of sp³-hybridized carbons (Fsp3) is 0.387. The minimum atomic E-state index is -0.539. The summed E-state index contributed by atoms with van der Waals surface area (Å²) in [6.07, 6.45) is 3.39. The number of nitrogens with zero attached hydrogens (tertiary/aromatic N) is 3. The van der Waals surface area contributed by atoms with Crippen molar-refractivity contribution >= 4 is 17.1 Å². The molecule has 0 saturated heterocycles. The molecule has 0 saturated carbocycles. The van der Waals surface area contributed by atoms with Crippen LogP contribution in [0.2, 0.25) is 0 Å². The first-order valence-electron chi connectivity index (χ1n) is 13.6. The van der Waals surface area contributed by atoms with Crippen molar-refractivity contribution in [2.24, 2.45) is 0 Å². The number of aromatic amines is 2. The van der Waals surface area contributed by atoms with E-state index in [1.807, 2.05) is 70.2 Å². The van der Waals surface area contributed by atoms with Gasteiger partial charge in [-0.3, -0.25) is 0 Å². The summed E-state index contributed by atoms with van der Waals surface area (Å²) < 4.78 is 5.55. The summed E-state index contributed by atoms with van der Waals surface area (Å²) in [5.41, 5.74) is 5.14. The normalized spacial score (nSPS) is 11.3. The number of H-pyrrole nitrogens is 2. The number of carbonyl (C=O) groups excluding carboxylic acids is 1. The zero-order chi connectivity index (χ0) is 27.8. The molecule has 4 aromatic rings. The van der Waals surface area contributed by atoms with Gasteiger partial charge in [0.2, 0.25) is 0 Å². The van der Waals surface area contributed by atoms with Gasteiger partial charge in [-0.1, -0.05) is 37.8 Å². The first kappa shape index (κ1) is 27.9. The summed E-state index contributed by atoms with van der Waals surface area (Å²) >= 11 is 0. The molecule has 2 aromatic heterocycles. The zero-order valence-electron chi connectivity index (χ0n) is 23.5. The predicted molar refractivity (Wildman–Crippen MR) is 155 cm³/mol. The quantitative estimate of drug-likeness (QED) is 0.184. The van der Waals surface area contributed by atoms with Crippen molar-refractivity contribution in [3.8, 4) is 23.1 Å². The van der Waals surface area contributed by atoms with Crippen molar-refractivity contribution in [2.45, 2.75) is 66.2 Å². The third kappa shape index (κ3) is 7.95. The standard InChI is InChI=1S/C31H38N6O2/c1-6-16-32-20-28-34-25-15-12-23(18-26(25)35-28)9-8-22-10-13-24(14-11-22)27-19-33-29(36-27)21-37(17-7-2)30(38)39-31(3,4)5/h10-15,18-19,32H,6-7,16-17,20-21H2,1-5H3,(H,33,36)(H,34,35). The molecule has 39 heavy (non-hydrogen) atoms. The van der Waals surface area contributed by atoms with Gasteiger partial charge in [-0.25, -0.2) is 14.8 Å². The number of hydrogen-bond donors (Lipinski definition) is 3. The Balaban J connectivity index is 1.40. The number of imidazole rings is 2. The summed E-state index contributed by atoms with van der Waals surface area (Å²) in [4.78, 5) is 30.1. The van der Waals surface area contributed by atoms with Crippen molar-refractivity contribution in [1.29, 1.82) is 0 Å². The lowest BCUT2D eigenvalue weighted by atomic mass is 10.1. The fourth-order valence-electron chi connectivity index (χ4n) is 4.09. The second kappa shape index (κ2) is 12.6.